The van der Waals surface area contributed by atoms with Gasteiger partial charge in [0, 0.05) is 18.4 Å². The van der Waals surface area contributed by atoms with Crippen molar-refractivity contribution in [2.75, 3.05) is 16.6 Å². The van der Waals surface area contributed by atoms with Crippen molar-refractivity contribution in [1.29, 1.82) is 0 Å². The first-order valence-corrected chi connectivity index (χ1v) is 8.35. The maximum absolute atomic E-state index is 12.4. The third-order valence-electron chi connectivity index (χ3n) is 3.48. The van der Waals surface area contributed by atoms with Gasteiger partial charge in [-0.1, -0.05) is 6.07 Å². The number of pyridine rings is 1. The number of anilines is 2. The van der Waals surface area contributed by atoms with Gasteiger partial charge in [-0.3, -0.25) is 4.72 Å². The molecule has 21 heavy (non-hydrogen) atoms. The Balaban J connectivity index is 1.91. The minimum absolute atomic E-state index is 0.249. The Morgan fingerprint density at radius 2 is 2.10 bits per heavy atom. The molecular weight excluding hydrogens is 286 g/mol. The zero-order valence-corrected chi connectivity index (χ0v) is 12.6. The van der Waals surface area contributed by atoms with E-state index in [9.17, 15) is 8.42 Å². The van der Waals surface area contributed by atoms with E-state index in [0.29, 0.717) is 5.82 Å². The van der Waals surface area contributed by atoms with Crippen molar-refractivity contribution < 1.29 is 8.42 Å². The van der Waals surface area contributed by atoms with E-state index in [2.05, 4.69) is 15.0 Å². The summed E-state index contributed by atoms with van der Waals surface area (Å²) in [4.78, 5) is 4.28. The van der Waals surface area contributed by atoms with Gasteiger partial charge in [-0.25, -0.2) is 13.4 Å². The Morgan fingerprint density at radius 3 is 2.90 bits per heavy atom. The number of rotatable bonds is 3. The van der Waals surface area contributed by atoms with Crippen molar-refractivity contribution in [2.24, 2.45) is 0 Å². The molecule has 3 rings (SSSR count). The average molecular weight is 303 g/mol. The number of aromatic nitrogens is 1. The second-order valence-corrected chi connectivity index (χ2v) is 6.86. The fourth-order valence-corrected chi connectivity index (χ4v) is 3.42. The molecule has 1 aromatic heterocycles. The van der Waals surface area contributed by atoms with Gasteiger partial charge in [0.2, 0.25) is 0 Å². The van der Waals surface area contributed by atoms with E-state index < -0.39 is 10.0 Å². The SMILES string of the molecule is Cc1ccnc(NS(=O)(=O)c2ccc3c(c2)NCCC3)c1. The molecule has 1 aliphatic rings. The van der Waals surface area contributed by atoms with Crippen molar-refractivity contribution in [3.8, 4) is 0 Å². The second kappa shape index (κ2) is 5.37. The maximum Gasteiger partial charge on any atom is 0.263 e. The molecule has 0 bridgehead atoms. The minimum atomic E-state index is -3.62. The molecule has 5 nitrogen and oxygen atoms in total. The van der Waals surface area contributed by atoms with E-state index in [1.54, 1.807) is 24.4 Å². The van der Waals surface area contributed by atoms with Crippen LogP contribution < -0.4 is 10.0 Å². The van der Waals surface area contributed by atoms with Crippen LogP contribution in [0, 0.1) is 6.92 Å². The van der Waals surface area contributed by atoms with E-state index >= 15 is 0 Å². The van der Waals surface area contributed by atoms with Crippen molar-refractivity contribution in [3.63, 3.8) is 0 Å². The highest BCUT2D eigenvalue weighted by molar-refractivity contribution is 7.92. The molecule has 0 radical (unpaired) electrons. The fourth-order valence-electron chi connectivity index (χ4n) is 2.40. The van der Waals surface area contributed by atoms with Crippen LogP contribution >= 0.6 is 0 Å². The molecule has 1 aliphatic heterocycles. The van der Waals surface area contributed by atoms with E-state index in [1.165, 1.54) is 0 Å². The molecule has 2 aromatic rings. The predicted molar refractivity (Wildman–Crippen MR) is 83.0 cm³/mol. The molecule has 0 saturated carbocycles. The molecule has 0 aliphatic carbocycles. The number of hydrogen-bond acceptors (Lipinski definition) is 4. The van der Waals surface area contributed by atoms with Crippen LogP contribution in [-0.2, 0) is 16.4 Å². The molecule has 0 unspecified atom stereocenters. The number of hydrogen-bond donors (Lipinski definition) is 2. The topological polar surface area (TPSA) is 71.1 Å². The van der Waals surface area contributed by atoms with Crippen LogP contribution in [0.1, 0.15) is 17.5 Å². The molecule has 2 heterocycles. The van der Waals surface area contributed by atoms with E-state index in [0.717, 1.165) is 36.2 Å². The summed E-state index contributed by atoms with van der Waals surface area (Å²) < 4.78 is 27.4. The smallest absolute Gasteiger partial charge is 0.263 e. The largest absolute Gasteiger partial charge is 0.385 e. The van der Waals surface area contributed by atoms with Gasteiger partial charge in [-0.2, -0.15) is 0 Å². The molecule has 0 amide bonds. The molecular formula is C15H17N3O2S. The summed E-state index contributed by atoms with van der Waals surface area (Å²) in [6, 6.07) is 8.73. The average Bonchev–Trinajstić information content (AvgIpc) is 2.46. The molecule has 0 saturated heterocycles. The number of nitrogens with zero attached hydrogens (tertiary/aromatic N) is 1. The highest BCUT2D eigenvalue weighted by atomic mass is 32.2. The molecule has 110 valence electrons. The van der Waals surface area contributed by atoms with Crippen LogP contribution in [0.15, 0.2) is 41.4 Å². The predicted octanol–water partition coefficient (Wildman–Crippen LogP) is 2.55. The van der Waals surface area contributed by atoms with Gasteiger partial charge in [-0.15, -0.1) is 0 Å². The fraction of sp³-hybridized carbons (Fsp3) is 0.267. The molecule has 0 spiro atoms. The zero-order valence-electron chi connectivity index (χ0n) is 11.8. The lowest BCUT2D eigenvalue weighted by atomic mass is 10.0. The van der Waals surface area contributed by atoms with Gasteiger partial charge in [0.1, 0.15) is 5.82 Å². The Labute approximate surface area is 124 Å². The molecule has 0 atom stereocenters. The second-order valence-electron chi connectivity index (χ2n) is 5.17. The highest BCUT2D eigenvalue weighted by Gasteiger charge is 2.18. The van der Waals surface area contributed by atoms with Crippen LogP contribution in [0.5, 0.6) is 0 Å². The number of nitrogens with one attached hydrogen (secondary N) is 2. The summed E-state index contributed by atoms with van der Waals surface area (Å²) in [5, 5.41) is 3.24. The van der Waals surface area contributed by atoms with Crippen molar-refractivity contribution >= 4 is 21.5 Å². The number of fused-ring (bicyclic) bond motifs is 1. The molecule has 0 fully saturated rings. The summed E-state index contributed by atoms with van der Waals surface area (Å²) in [7, 11) is -3.62. The van der Waals surface area contributed by atoms with Crippen molar-refractivity contribution in [2.45, 2.75) is 24.7 Å². The van der Waals surface area contributed by atoms with Gasteiger partial charge < -0.3 is 5.32 Å². The summed E-state index contributed by atoms with van der Waals surface area (Å²) >= 11 is 0. The molecule has 6 heteroatoms. The van der Waals surface area contributed by atoms with Gasteiger partial charge in [-0.05, 0) is 55.2 Å². The monoisotopic (exact) mass is 303 g/mol. The Hall–Kier alpha value is -2.08. The third-order valence-corrected chi connectivity index (χ3v) is 4.84. The van der Waals surface area contributed by atoms with Crippen LogP contribution in [0.25, 0.3) is 0 Å². The van der Waals surface area contributed by atoms with Gasteiger partial charge in [0.25, 0.3) is 10.0 Å². The van der Waals surface area contributed by atoms with E-state index in [4.69, 9.17) is 0 Å². The minimum Gasteiger partial charge on any atom is -0.385 e. The van der Waals surface area contributed by atoms with Crippen molar-refractivity contribution in [3.05, 3.63) is 47.7 Å². The van der Waals surface area contributed by atoms with Crippen LogP contribution in [0.4, 0.5) is 11.5 Å². The first-order chi connectivity index (χ1) is 10.0. The standard InChI is InChI=1S/C15H17N3O2S/c1-11-6-8-17-15(9-11)18-21(19,20)13-5-4-12-3-2-7-16-14(12)10-13/h4-6,8-10,16H,2-3,7H2,1H3,(H,17,18). The van der Waals surface area contributed by atoms with Crippen LogP contribution in [0.2, 0.25) is 0 Å². The first kappa shape index (κ1) is 13.9. The Bertz CT molecular complexity index is 772. The van der Waals surface area contributed by atoms with Crippen molar-refractivity contribution in [1.82, 2.24) is 4.98 Å². The van der Waals surface area contributed by atoms with Gasteiger partial charge >= 0.3 is 0 Å². The number of aryl methyl sites for hydroxylation is 2. The van der Waals surface area contributed by atoms with Gasteiger partial charge in [0.15, 0.2) is 0 Å². The summed E-state index contributed by atoms with van der Waals surface area (Å²) in [6.07, 6.45) is 3.64. The van der Waals surface area contributed by atoms with Gasteiger partial charge in [0.05, 0.1) is 4.90 Å². The molecule has 2 N–H and O–H groups in total. The Morgan fingerprint density at radius 1 is 1.24 bits per heavy atom. The normalized spacial score (nSPS) is 14.1. The highest BCUT2D eigenvalue weighted by Crippen LogP contribution is 2.26. The van der Waals surface area contributed by atoms with Crippen LogP contribution in [-0.4, -0.2) is 19.9 Å². The van der Waals surface area contributed by atoms with E-state index in [1.807, 2.05) is 19.1 Å². The molecule has 1 aromatic carbocycles. The summed E-state index contributed by atoms with van der Waals surface area (Å²) in [5.41, 5.74) is 3.02. The lowest BCUT2D eigenvalue weighted by Gasteiger charge is -2.18. The zero-order chi connectivity index (χ0) is 14.9. The lowest BCUT2D eigenvalue weighted by Crippen LogP contribution is -2.16. The van der Waals surface area contributed by atoms with Crippen LogP contribution in [0.3, 0.4) is 0 Å². The third kappa shape index (κ3) is 3.00. The summed E-state index contributed by atoms with van der Waals surface area (Å²) in [6.45, 7) is 2.77. The lowest BCUT2D eigenvalue weighted by molar-refractivity contribution is 0.601. The quantitative estimate of drug-likeness (QED) is 0.914. The first-order valence-electron chi connectivity index (χ1n) is 6.87. The Kier molecular flexibility index (Phi) is 3.55. The number of benzene rings is 1. The summed E-state index contributed by atoms with van der Waals surface area (Å²) in [5.74, 6) is 0.334. The maximum atomic E-state index is 12.4. The van der Waals surface area contributed by atoms with E-state index in [-0.39, 0.29) is 4.90 Å². The number of sulfonamides is 1.